The number of phenols is 1. The largest absolute Gasteiger partial charge is 0.544 e. The average Bonchev–Trinajstić information content (AvgIpc) is 2.99. The van der Waals surface area contributed by atoms with Crippen LogP contribution in [0.3, 0.4) is 0 Å². The molecule has 2 aromatic rings. The Hall–Kier alpha value is -2.80. The van der Waals surface area contributed by atoms with Gasteiger partial charge in [-0.05, 0) is 36.4 Å². The van der Waals surface area contributed by atoms with Gasteiger partial charge >= 0.3 is 0 Å². The molecule has 0 aliphatic heterocycles. The molecular formula is C15H16N2O5. The van der Waals surface area contributed by atoms with Gasteiger partial charge in [0.2, 0.25) is 5.91 Å². The van der Waals surface area contributed by atoms with Gasteiger partial charge in [-0.2, -0.15) is 0 Å². The van der Waals surface area contributed by atoms with Crippen LogP contribution in [0.2, 0.25) is 0 Å². The number of quaternary nitrogens is 1. The van der Waals surface area contributed by atoms with Gasteiger partial charge in [-0.25, -0.2) is 0 Å². The minimum absolute atomic E-state index is 0.0809. The first-order valence-corrected chi connectivity index (χ1v) is 6.70. The predicted octanol–water partition coefficient (Wildman–Crippen LogP) is -0.804. The normalized spacial score (nSPS) is 11.8. The summed E-state index contributed by atoms with van der Waals surface area (Å²) in [6.07, 6.45) is 1.26. The average molecular weight is 304 g/mol. The number of nitrogens with two attached hydrogens (primary N) is 1. The topological polar surface area (TPSA) is 119 Å². The van der Waals surface area contributed by atoms with Crippen LogP contribution in [0.4, 0.5) is 5.69 Å². The fraction of sp³-hybridized carbons (Fsp3) is 0.200. The molecule has 0 radical (unpaired) electrons. The summed E-state index contributed by atoms with van der Waals surface area (Å²) in [5.41, 5.74) is 0.478. The molecule has 1 amide bonds. The van der Waals surface area contributed by atoms with Crippen molar-refractivity contribution in [2.45, 2.75) is 19.0 Å². The minimum Gasteiger partial charge on any atom is -0.544 e. The van der Waals surface area contributed by atoms with E-state index in [-0.39, 0.29) is 12.2 Å². The van der Waals surface area contributed by atoms with Gasteiger partial charge < -0.3 is 30.1 Å². The fourth-order valence-corrected chi connectivity index (χ4v) is 1.91. The molecule has 7 heteroatoms. The van der Waals surface area contributed by atoms with Crippen molar-refractivity contribution in [1.29, 1.82) is 0 Å². The van der Waals surface area contributed by atoms with Crippen LogP contribution in [0.15, 0.2) is 47.1 Å². The number of hydrogen-bond donors (Lipinski definition) is 3. The standard InChI is InChI=1S/C15H16N2O5/c18-11-5-3-10(4-6-11)17-14(19)8-13(15(20)21)16-9-12-2-1-7-22-12/h1-7,13,16,18H,8-9H2,(H,17,19)(H,20,21)/t13-/m0/s1. The van der Waals surface area contributed by atoms with E-state index in [2.05, 4.69) is 5.32 Å². The van der Waals surface area contributed by atoms with Gasteiger partial charge in [-0.1, -0.05) is 0 Å². The van der Waals surface area contributed by atoms with Gasteiger partial charge in [0.15, 0.2) is 5.76 Å². The van der Waals surface area contributed by atoms with Gasteiger partial charge in [0, 0.05) is 5.69 Å². The van der Waals surface area contributed by atoms with Crippen molar-refractivity contribution in [2.24, 2.45) is 0 Å². The van der Waals surface area contributed by atoms with Crippen LogP contribution in [0.1, 0.15) is 12.2 Å². The van der Waals surface area contributed by atoms with Crippen molar-refractivity contribution < 1.29 is 29.5 Å². The highest BCUT2D eigenvalue weighted by Gasteiger charge is 2.19. The number of aliphatic carboxylic acids is 1. The number of carboxylic acids is 1. The SMILES string of the molecule is O=C(C[C@H]([NH2+]Cc1ccco1)C(=O)[O-])Nc1ccc(O)cc1. The molecule has 1 atom stereocenters. The zero-order valence-corrected chi connectivity index (χ0v) is 11.7. The third-order valence-corrected chi connectivity index (χ3v) is 3.04. The number of carbonyl (C=O) groups is 2. The zero-order chi connectivity index (χ0) is 15.9. The van der Waals surface area contributed by atoms with Crippen molar-refractivity contribution in [3.63, 3.8) is 0 Å². The van der Waals surface area contributed by atoms with Crippen LogP contribution < -0.4 is 15.7 Å². The van der Waals surface area contributed by atoms with E-state index in [1.165, 1.54) is 35.8 Å². The van der Waals surface area contributed by atoms with Crippen molar-refractivity contribution in [3.05, 3.63) is 48.4 Å². The second-order valence-corrected chi connectivity index (χ2v) is 4.74. The number of phenolic OH excluding ortho intramolecular Hbond substituents is 1. The van der Waals surface area contributed by atoms with E-state index in [1.54, 1.807) is 12.1 Å². The second-order valence-electron chi connectivity index (χ2n) is 4.74. The van der Waals surface area contributed by atoms with Gasteiger partial charge in [-0.3, -0.25) is 4.79 Å². The Morgan fingerprint density at radius 3 is 2.59 bits per heavy atom. The number of hydrogen-bond acceptors (Lipinski definition) is 5. The molecule has 1 aromatic carbocycles. The molecule has 1 aromatic heterocycles. The van der Waals surface area contributed by atoms with Crippen LogP contribution in [-0.2, 0) is 16.1 Å². The molecule has 0 unspecified atom stereocenters. The molecule has 4 N–H and O–H groups in total. The zero-order valence-electron chi connectivity index (χ0n) is 11.7. The first-order valence-electron chi connectivity index (χ1n) is 6.70. The monoisotopic (exact) mass is 304 g/mol. The number of anilines is 1. The number of carboxylic acid groups (broad SMARTS) is 1. The van der Waals surface area contributed by atoms with Crippen LogP contribution in [-0.4, -0.2) is 23.0 Å². The lowest BCUT2D eigenvalue weighted by Gasteiger charge is -2.15. The molecule has 22 heavy (non-hydrogen) atoms. The Morgan fingerprint density at radius 2 is 2.00 bits per heavy atom. The molecule has 0 bridgehead atoms. The molecule has 0 spiro atoms. The van der Waals surface area contributed by atoms with Crippen molar-refractivity contribution in [2.75, 3.05) is 5.32 Å². The number of furan rings is 1. The molecule has 0 aliphatic carbocycles. The maximum atomic E-state index is 11.9. The second kappa shape index (κ2) is 7.28. The number of rotatable bonds is 7. The Labute approximate surface area is 126 Å². The molecule has 116 valence electrons. The summed E-state index contributed by atoms with van der Waals surface area (Å²) in [5, 5.41) is 24.3. The highest BCUT2D eigenvalue weighted by molar-refractivity contribution is 5.93. The molecule has 1 heterocycles. The minimum atomic E-state index is -1.31. The number of nitrogens with one attached hydrogen (secondary N) is 1. The van der Waals surface area contributed by atoms with E-state index in [9.17, 15) is 14.7 Å². The van der Waals surface area contributed by atoms with E-state index in [0.29, 0.717) is 18.0 Å². The Kier molecular flexibility index (Phi) is 5.16. The lowest BCUT2D eigenvalue weighted by molar-refractivity contribution is -0.698. The number of aromatic hydroxyl groups is 1. The van der Waals surface area contributed by atoms with Gasteiger partial charge in [-0.15, -0.1) is 0 Å². The molecular weight excluding hydrogens is 288 g/mol. The predicted molar refractivity (Wildman–Crippen MR) is 74.5 cm³/mol. The summed E-state index contributed by atoms with van der Waals surface area (Å²) in [4.78, 5) is 23.0. The van der Waals surface area contributed by atoms with Crippen LogP contribution >= 0.6 is 0 Å². The Morgan fingerprint density at radius 1 is 1.27 bits per heavy atom. The maximum absolute atomic E-state index is 11.9. The molecule has 7 nitrogen and oxygen atoms in total. The first-order chi connectivity index (χ1) is 10.5. The lowest BCUT2D eigenvalue weighted by Crippen LogP contribution is -2.92. The van der Waals surface area contributed by atoms with E-state index >= 15 is 0 Å². The molecule has 0 fully saturated rings. The molecule has 0 saturated heterocycles. The van der Waals surface area contributed by atoms with Crippen molar-refractivity contribution >= 4 is 17.6 Å². The van der Waals surface area contributed by atoms with E-state index in [0.717, 1.165) is 0 Å². The third kappa shape index (κ3) is 4.64. The Bertz CT molecular complexity index is 622. The summed E-state index contributed by atoms with van der Waals surface area (Å²) < 4.78 is 5.11. The van der Waals surface area contributed by atoms with Crippen molar-refractivity contribution in [1.82, 2.24) is 0 Å². The van der Waals surface area contributed by atoms with E-state index in [1.807, 2.05) is 0 Å². The number of benzene rings is 1. The highest BCUT2D eigenvalue weighted by Crippen LogP contribution is 2.13. The summed E-state index contributed by atoms with van der Waals surface area (Å²) in [7, 11) is 0. The molecule has 2 rings (SSSR count). The maximum Gasteiger partial charge on any atom is 0.230 e. The lowest BCUT2D eigenvalue weighted by atomic mass is 10.2. The van der Waals surface area contributed by atoms with Gasteiger partial charge in [0.05, 0.1) is 18.7 Å². The van der Waals surface area contributed by atoms with Gasteiger partial charge in [0.25, 0.3) is 0 Å². The van der Waals surface area contributed by atoms with Crippen LogP contribution in [0.5, 0.6) is 5.75 Å². The van der Waals surface area contributed by atoms with E-state index < -0.39 is 17.9 Å². The number of amides is 1. The molecule has 0 aliphatic rings. The highest BCUT2D eigenvalue weighted by atomic mass is 16.4. The summed E-state index contributed by atoms with van der Waals surface area (Å²) in [5.74, 6) is -1.06. The quantitative estimate of drug-likeness (QED) is 0.578. The van der Waals surface area contributed by atoms with E-state index in [4.69, 9.17) is 9.52 Å². The smallest absolute Gasteiger partial charge is 0.230 e. The first kappa shape index (κ1) is 15.6. The summed E-state index contributed by atoms with van der Waals surface area (Å²) in [6.45, 7) is 0.304. The third-order valence-electron chi connectivity index (χ3n) is 3.04. The van der Waals surface area contributed by atoms with Crippen LogP contribution in [0, 0.1) is 0 Å². The summed E-state index contributed by atoms with van der Waals surface area (Å²) in [6, 6.07) is 8.31. The summed E-state index contributed by atoms with van der Waals surface area (Å²) >= 11 is 0. The Balaban J connectivity index is 1.88. The number of carbonyl (C=O) groups excluding carboxylic acids is 2. The van der Waals surface area contributed by atoms with Crippen molar-refractivity contribution in [3.8, 4) is 5.75 Å². The van der Waals surface area contributed by atoms with Gasteiger partial charge in [0.1, 0.15) is 18.3 Å². The fourth-order valence-electron chi connectivity index (χ4n) is 1.91. The molecule has 0 saturated carbocycles. The van der Waals surface area contributed by atoms with Crippen LogP contribution in [0.25, 0.3) is 0 Å².